The molecule has 1 saturated heterocycles. The molecule has 0 unspecified atom stereocenters. The molecule has 0 amide bonds. The maximum absolute atomic E-state index is 5.33. The molecule has 1 heterocycles. The van der Waals surface area contributed by atoms with Crippen molar-refractivity contribution in [1.29, 1.82) is 0 Å². The summed E-state index contributed by atoms with van der Waals surface area (Å²) in [5.41, 5.74) is 0. The molecule has 0 aliphatic carbocycles. The average molecular weight is 141 g/mol. The molecule has 1 atom stereocenters. The van der Waals surface area contributed by atoms with Gasteiger partial charge in [-0.25, -0.2) is 0 Å². The van der Waals surface area contributed by atoms with Crippen molar-refractivity contribution < 1.29 is 9.47 Å². The molecule has 0 aromatic carbocycles. The fourth-order valence-electron chi connectivity index (χ4n) is 0.926. The van der Waals surface area contributed by atoms with Crippen LogP contribution in [0, 0.1) is 6.61 Å². The van der Waals surface area contributed by atoms with Gasteiger partial charge in [0.15, 0.2) is 0 Å². The first-order valence-electron chi connectivity index (χ1n) is 3.61. The lowest BCUT2D eigenvalue weighted by Gasteiger charge is -2.11. The van der Waals surface area contributed by atoms with E-state index in [1.165, 1.54) is 0 Å². The molecule has 1 aliphatic heterocycles. The SMILES string of the molecule is C=CCO[C@H]1[CH+]OCCC1. The number of hydrogen-bond acceptors (Lipinski definition) is 2. The maximum atomic E-state index is 5.33. The van der Waals surface area contributed by atoms with Gasteiger partial charge in [-0.3, -0.25) is 0 Å². The van der Waals surface area contributed by atoms with Gasteiger partial charge < -0.3 is 4.74 Å². The van der Waals surface area contributed by atoms with Crippen molar-refractivity contribution in [3.63, 3.8) is 0 Å². The van der Waals surface area contributed by atoms with Gasteiger partial charge in [0, 0.05) is 6.42 Å². The molecule has 1 fully saturated rings. The summed E-state index contributed by atoms with van der Waals surface area (Å²) >= 11 is 0. The summed E-state index contributed by atoms with van der Waals surface area (Å²) in [4.78, 5) is 0. The van der Waals surface area contributed by atoms with Crippen LogP contribution in [0.4, 0.5) is 0 Å². The molecule has 0 N–H and O–H groups in total. The van der Waals surface area contributed by atoms with Gasteiger partial charge in [0.1, 0.15) is 0 Å². The van der Waals surface area contributed by atoms with Crippen molar-refractivity contribution in [2.75, 3.05) is 13.2 Å². The monoisotopic (exact) mass is 141 g/mol. The predicted molar refractivity (Wildman–Crippen MR) is 39.4 cm³/mol. The van der Waals surface area contributed by atoms with Crippen LogP contribution in [-0.4, -0.2) is 19.3 Å². The van der Waals surface area contributed by atoms with E-state index in [2.05, 4.69) is 6.58 Å². The van der Waals surface area contributed by atoms with Crippen LogP contribution in [-0.2, 0) is 9.47 Å². The van der Waals surface area contributed by atoms with E-state index < -0.39 is 0 Å². The van der Waals surface area contributed by atoms with Crippen LogP contribution >= 0.6 is 0 Å². The van der Waals surface area contributed by atoms with Gasteiger partial charge in [-0.05, 0) is 6.42 Å². The summed E-state index contributed by atoms with van der Waals surface area (Å²) in [6.07, 6.45) is 4.11. The Bertz CT molecular complexity index is 95.4. The van der Waals surface area contributed by atoms with Crippen molar-refractivity contribution in [2.45, 2.75) is 18.9 Å². The zero-order chi connectivity index (χ0) is 7.23. The smallest absolute Gasteiger partial charge is 0.257 e. The van der Waals surface area contributed by atoms with Crippen molar-refractivity contribution in [2.24, 2.45) is 0 Å². The highest BCUT2D eigenvalue weighted by Crippen LogP contribution is 2.12. The highest BCUT2D eigenvalue weighted by molar-refractivity contribution is 4.75. The quantitative estimate of drug-likeness (QED) is 0.438. The van der Waals surface area contributed by atoms with E-state index in [9.17, 15) is 0 Å². The van der Waals surface area contributed by atoms with Gasteiger partial charge in [-0.15, -0.1) is 6.58 Å². The van der Waals surface area contributed by atoms with Crippen LogP contribution in [0.1, 0.15) is 12.8 Å². The topological polar surface area (TPSA) is 18.5 Å². The third kappa shape index (κ3) is 2.42. The van der Waals surface area contributed by atoms with Gasteiger partial charge >= 0.3 is 0 Å². The Hall–Kier alpha value is -0.470. The van der Waals surface area contributed by atoms with Crippen LogP contribution in [0.2, 0.25) is 0 Å². The van der Waals surface area contributed by atoms with Crippen molar-refractivity contribution in [3.05, 3.63) is 19.3 Å². The number of rotatable bonds is 3. The first-order chi connectivity index (χ1) is 4.93. The summed E-state index contributed by atoms with van der Waals surface area (Å²) < 4.78 is 10.4. The zero-order valence-corrected chi connectivity index (χ0v) is 6.08. The molecular formula is C8H13O2+. The van der Waals surface area contributed by atoms with Crippen molar-refractivity contribution >= 4 is 0 Å². The molecule has 1 rings (SSSR count). The van der Waals surface area contributed by atoms with Crippen LogP contribution in [0.5, 0.6) is 0 Å². The van der Waals surface area contributed by atoms with Crippen molar-refractivity contribution in [1.82, 2.24) is 0 Å². The lowest BCUT2D eigenvalue weighted by Crippen LogP contribution is -2.20. The Morgan fingerprint density at radius 1 is 1.80 bits per heavy atom. The second-order valence-electron chi connectivity index (χ2n) is 2.31. The molecule has 2 nitrogen and oxygen atoms in total. The number of hydrogen-bond donors (Lipinski definition) is 0. The van der Waals surface area contributed by atoms with Crippen LogP contribution < -0.4 is 0 Å². The Kier molecular flexibility index (Phi) is 3.33. The largest absolute Gasteiger partial charge is 0.331 e. The molecule has 56 valence electrons. The van der Waals surface area contributed by atoms with Gasteiger partial charge in [0.05, 0.1) is 13.2 Å². The summed E-state index contributed by atoms with van der Waals surface area (Å²) in [6.45, 7) is 6.79. The third-order valence-electron chi connectivity index (χ3n) is 1.43. The molecule has 2 heteroatoms. The first kappa shape index (κ1) is 7.63. The van der Waals surface area contributed by atoms with Gasteiger partial charge in [0.25, 0.3) is 6.61 Å². The first-order valence-corrected chi connectivity index (χ1v) is 3.61. The normalized spacial score (nSPS) is 25.4. The summed E-state index contributed by atoms with van der Waals surface area (Å²) in [6, 6.07) is 0. The van der Waals surface area contributed by atoms with Gasteiger partial charge in [0.2, 0.25) is 6.10 Å². The van der Waals surface area contributed by atoms with E-state index in [0.717, 1.165) is 19.4 Å². The van der Waals surface area contributed by atoms with Gasteiger partial charge in [-0.2, -0.15) is 4.74 Å². The van der Waals surface area contributed by atoms with E-state index in [-0.39, 0.29) is 6.10 Å². The lowest BCUT2D eigenvalue weighted by atomic mass is 10.2. The molecule has 0 aromatic rings. The molecule has 1 aliphatic rings. The fraction of sp³-hybridized carbons (Fsp3) is 0.625. The minimum Gasteiger partial charge on any atom is -0.331 e. The maximum Gasteiger partial charge on any atom is 0.257 e. The van der Waals surface area contributed by atoms with E-state index in [1.807, 2.05) is 0 Å². The molecule has 0 radical (unpaired) electrons. The van der Waals surface area contributed by atoms with Crippen LogP contribution in [0.25, 0.3) is 0 Å². The second kappa shape index (κ2) is 4.36. The summed E-state index contributed by atoms with van der Waals surface area (Å²) in [7, 11) is 0. The number of ether oxygens (including phenoxy) is 2. The standard InChI is InChI=1S/C8H13O2/c1-2-5-10-8-4-3-6-9-7-8/h2,7-8H,1,3-6H2/q+1/t8-/m1/s1. The second-order valence-corrected chi connectivity index (χ2v) is 2.31. The minimum atomic E-state index is 0.187. The fourth-order valence-corrected chi connectivity index (χ4v) is 0.926. The highest BCUT2D eigenvalue weighted by atomic mass is 16.5. The average Bonchev–Trinajstić information content (AvgIpc) is 2.03. The zero-order valence-electron chi connectivity index (χ0n) is 6.08. The van der Waals surface area contributed by atoms with E-state index in [4.69, 9.17) is 9.47 Å². The minimum absolute atomic E-state index is 0.187. The van der Waals surface area contributed by atoms with E-state index in [0.29, 0.717) is 6.61 Å². The molecule has 0 spiro atoms. The van der Waals surface area contributed by atoms with E-state index >= 15 is 0 Å². The Morgan fingerprint density at radius 2 is 2.70 bits per heavy atom. The molecule has 0 saturated carbocycles. The predicted octanol–water partition coefficient (Wildman–Crippen LogP) is 1.53. The molecular weight excluding hydrogens is 128 g/mol. The third-order valence-corrected chi connectivity index (χ3v) is 1.43. The Labute approximate surface area is 61.8 Å². The van der Waals surface area contributed by atoms with Crippen LogP contribution in [0.3, 0.4) is 0 Å². The van der Waals surface area contributed by atoms with Crippen molar-refractivity contribution in [3.8, 4) is 0 Å². The van der Waals surface area contributed by atoms with Crippen LogP contribution in [0.15, 0.2) is 12.7 Å². The lowest BCUT2D eigenvalue weighted by molar-refractivity contribution is 0.00110. The molecule has 0 bridgehead atoms. The highest BCUT2D eigenvalue weighted by Gasteiger charge is 2.23. The summed E-state index contributed by atoms with van der Waals surface area (Å²) in [5.74, 6) is 0. The Balaban J connectivity index is 2.07. The van der Waals surface area contributed by atoms with E-state index in [1.54, 1.807) is 12.7 Å². The molecule has 10 heavy (non-hydrogen) atoms. The molecule has 0 aromatic heterocycles. The van der Waals surface area contributed by atoms with Gasteiger partial charge in [-0.1, -0.05) is 6.08 Å². The summed E-state index contributed by atoms with van der Waals surface area (Å²) in [5, 5.41) is 0. The Morgan fingerprint density at radius 3 is 3.30 bits per heavy atom.